The van der Waals surface area contributed by atoms with Crippen LogP contribution in [0, 0.1) is 13.8 Å². The van der Waals surface area contributed by atoms with Crippen LogP contribution in [0.15, 0.2) is 39.9 Å². The number of nitrogens with one attached hydrogen (secondary N) is 2. The van der Waals surface area contributed by atoms with Crippen molar-refractivity contribution in [3.05, 3.63) is 53.2 Å². The monoisotopic (exact) mass is 344 g/mol. The summed E-state index contributed by atoms with van der Waals surface area (Å²) in [6.45, 7) is 9.21. The van der Waals surface area contributed by atoms with Gasteiger partial charge in [-0.05, 0) is 45.9 Å². The molecule has 2 aromatic heterocycles. The van der Waals surface area contributed by atoms with Gasteiger partial charge in [-0.25, -0.2) is 4.99 Å². The molecule has 6 heteroatoms. The van der Waals surface area contributed by atoms with Crippen molar-refractivity contribution in [1.29, 1.82) is 0 Å². The van der Waals surface area contributed by atoms with Crippen LogP contribution in [-0.4, -0.2) is 35.7 Å². The lowest BCUT2D eigenvalue weighted by atomic mass is 9.96. The number of aliphatic hydroxyl groups is 1. The molecular weight excluding hydrogens is 316 g/mol. The summed E-state index contributed by atoms with van der Waals surface area (Å²) in [5, 5.41) is 17.2. The molecule has 0 bridgehead atoms. The van der Waals surface area contributed by atoms with Crippen molar-refractivity contribution in [2.24, 2.45) is 4.99 Å². The molecule has 0 aliphatic rings. The zero-order valence-corrected chi connectivity index (χ0v) is 15.5. The molecule has 2 heterocycles. The predicted molar refractivity (Wildman–Crippen MR) is 99.7 cm³/mol. The zero-order valence-electron chi connectivity index (χ0n) is 15.5. The van der Waals surface area contributed by atoms with Crippen LogP contribution in [0.4, 0.5) is 0 Å². The molecular formula is C19H28N4O2. The lowest BCUT2D eigenvalue weighted by Gasteiger charge is -2.21. The first kappa shape index (κ1) is 19.0. The smallest absolute Gasteiger partial charge is 0.191 e. The van der Waals surface area contributed by atoms with Crippen LogP contribution in [0.1, 0.15) is 36.6 Å². The summed E-state index contributed by atoms with van der Waals surface area (Å²) in [7, 11) is 0. The van der Waals surface area contributed by atoms with E-state index in [0.717, 1.165) is 42.3 Å². The van der Waals surface area contributed by atoms with Gasteiger partial charge in [-0.3, -0.25) is 4.98 Å². The molecule has 136 valence electrons. The SMILES string of the molecule is CCNC(=NCC(C)(O)c1cc(C)oc1C)NCCc1ccccn1. The van der Waals surface area contributed by atoms with Gasteiger partial charge in [0.2, 0.25) is 0 Å². The second-order valence-corrected chi connectivity index (χ2v) is 6.29. The fourth-order valence-corrected chi connectivity index (χ4v) is 2.68. The summed E-state index contributed by atoms with van der Waals surface area (Å²) in [6.07, 6.45) is 2.60. The predicted octanol–water partition coefficient (Wildman–Crippen LogP) is 2.30. The average molecular weight is 344 g/mol. The summed E-state index contributed by atoms with van der Waals surface area (Å²) in [6, 6.07) is 7.75. The van der Waals surface area contributed by atoms with E-state index < -0.39 is 5.60 Å². The van der Waals surface area contributed by atoms with Gasteiger partial charge in [-0.2, -0.15) is 0 Å². The Kier molecular flexibility index (Phi) is 6.58. The Morgan fingerprint density at radius 1 is 1.32 bits per heavy atom. The molecule has 25 heavy (non-hydrogen) atoms. The van der Waals surface area contributed by atoms with Crippen LogP contribution in [-0.2, 0) is 12.0 Å². The van der Waals surface area contributed by atoms with E-state index in [1.807, 2.05) is 45.0 Å². The topological polar surface area (TPSA) is 82.7 Å². The molecule has 0 saturated heterocycles. The number of aryl methyl sites for hydroxylation is 2. The summed E-state index contributed by atoms with van der Waals surface area (Å²) in [4.78, 5) is 8.83. The minimum atomic E-state index is -1.08. The van der Waals surface area contributed by atoms with Crippen molar-refractivity contribution in [2.75, 3.05) is 19.6 Å². The maximum Gasteiger partial charge on any atom is 0.191 e. The minimum Gasteiger partial charge on any atom is -0.466 e. The average Bonchev–Trinajstić information content (AvgIpc) is 2.93. The van der Waals surface area contributed by atoms with Crippen LogP contribution in [0.25, 0.3) is 0 Å². The molecule has 0 spiro atoms. The van der Waals surface area contributed by atoms with E-state index >= 15 is 0 Å². The molecule has 0 amide bonds. The van der Waals surface area contributed by atoms with E-state index in [1.165, 1.54) is 0 Å². The fourth-order valence-electron chi connectivity index (χ4n) is 2.68. The molecule has 0 radical (unpaired) electrons. The molecule has 2 rings (SSSR count). The van der Waals surface area contributed by atoms with Gasteiger partial charge in [0.05, 0.1) is 6.54 Å². The van der Waals surface area contributed by atoms with Gasteiger partial charge in [-0.1, -0.05) is 6.07 Å². The molecule has 6 nitrogen and oxygen atoms in total. The first-order valence-corrected chi connectivity index (χ1v) is 8.64. The summed E-state index contributed by atoms with van der Waals surface area (Å²) in [5.74, 6) is 2.19. The van der Waals surface area contributed by atoms with Crippen LogP contribution >= 0.6 is 0 Å². The third-order valence-electron chi connectivity index (χ3n) is 3.91. The van der Waals surface area contributed by atoms with Gasteiger partial charge >= 0.3 is 0 Å². The minimum absolute atomic E-state index is 0.242. The molecule has 0 aromatic carbocycles. The van der Waals surface area contributed by atoms with Gasteiger partial charge < -0.3 is 20.2 Å². The number of hydrogen-bond acceptors (Lipinski definition) is 4. The zero-order chi connectivity index (χ0) is 18.3. The van der Waals surface area contributed by atoms with Crippen LogP contribution in [0.3, 0.4) is 0 Å². The third kappa shape index (κ3) is 5.60. The van der Waals surface area contributed by atoms with Crippen LogP contribution < -0.4 is 10.6 Å². The van der Waals surface area contributed by atoms with Crippen LogP contribution in [0.2, 0.25) is 0 Å². The molecule has 1 unspecified atom stereocenters. The first-order chi connectivity index (χ1) is 11.9. The van der Waals surface area contributed by atoms with Gasteiger partial charge in [0.1, 0.15) is 17.1 Å². The summed E-state index contributed by atoms with van der Waals surface area (Å²) >= 11 is 0. The summed E-state index contributed by atoms with van der Waals surface area (Å²) in [5.41, 5.74) is 0.728. The highest BCUT2D eigenvalue weighted by Crippen LogP contribution is 2.27. The number of guanidine groups is 1. The van der Waals surface area contributed by atoms with E-state index in [-0.39, 0.29) is 6.54 Å². The lowest BCUT2D eigenvalue weighted by Crippen LogP contribution is -2.39. The van der Waals surface area contributed by atoms with Gasteiger partial charge in [0.25, 0.3) is 0 Å². The molecule has 2 aromatic rings. The van der Waals surface area contributed by atoms with E-state index in [9.17, 15) is 5.11 Å². The van der Waals surface area contributed by atoms with Gasteiger partial charge in [-0.15, -0.1) is 0 Å². The van der Waals surface area contributed by atoms with Crippen molar-refractivity contribution in [3.63, 3.8) is 0 Å². The van der Waals surface area contributed by atoms with Crippen molar-refractivity contribution in [2.45, 2.75) is 39.7 Å². The lowest BCUT2D eigenvalue weighted by molar-refractivity contribution is 0.0657. The third-order valence-corrected chi connectivity index (χ3v) is 3.91. The van der Waals surface area contributed by atoms with Gasteiger partial charge in [0, 0.05) is 37.0 Å². The largest absolute Gasteiger partial charge is 0.466 e. The molecule has 0 saturated carbocycles. The normalized spacial score (nSPS) is 14.2. The maximum atomic E-state index is 10.8. The Labute approximate surface area is 149 Å². The number of furan rings is 1. The van der Waals surface area contributed by atoms with Crippen molar-refractivity contribution < 1.29 is 9.52 Å². The molecule has 0 aliphatic heterocycles. The molecule has 3 N–H and O–H groups in total. The number of aliphatic imine (C=N–C) groups is 1. The van der Waals surface area contributed by atoms with E-state index in [4.69, 9.17) is 4.42 Å². The Bertz CT molecular complexity index is 693. The van der Waals surface area contributed by atoms with E-state index in [2.05, 4.69) is 20.6 Å². The van der Waals surface area contributed by atoms with Crippen molar-refractivity contribution in [3.8, 4) is 0 Å². The maximum absolute atomic E-state index is 10.8. The van der Waals surface area contributed by atoms with Crippen molar-refractivity contribution >= 4 is 5.96 Å². The molecule has 0 fully saturated rings. The second kappa shape index (κ2) is 8.67. The van der Waals surface area contributed by atoms with E-state index in [0.29, 0.717) is 5.96 Å². The van der Waals surface area contributed by atoms with Gasteiger partial charge in [0.15, 0.2) is 5.96 Å². The molecule has 0 aliphatic carbocycles. The highest BCUT2D eigenvalue weighted by molar-refractivity contribution is 5.79. The Morgan fingerprint density at radius 2 is 2.12 bits per heavy atom. The quantitative estimate of drug-likeness (QED) is 0.530. The Balaban J connectivity index is 1.97. The number of nitrogens with zero attached hydrogens (tertiary/aromatic N) is 2. The Hall–Kier alpha value is -2.34. The Morgan fingerprint density at radius 3 is 2.72 bits per heavy atom. The number of hydrogen-bond donors (Lipinski definition) is 3. The summed E-state index contributed by atoms with van der Waals surface area (Å²) < 4.78 is 5.52. The number of aromatic nitrogens is 1. The fraction of sp³-hybridized carbons (Fsp3) is 0.474. The molecule has 1 atom stereocenters. The highest BCUT2D eigenvalue weighted by atomic mass is 16.3. The second-order valence-electron chi connectivity index (χ2n) is 6.29. The first-order valence-electron chi connectivity index (χ1n) is 8.64. The highest BCUT2D eigenvalue weighted by Gasteiger charge is 2.27. The van der Waals surface area contributed by atoms with Crippen molar-refractivity contribution in [1.82, 2.24) is 15.6 Å². The number of rotatable bonds is 7. The van der Waals surface area contributed by atoms with E-state index in [1.54, 1.807) is 13.1 Å². The number of pyridine rings is 1. The standard InChI is InChI=1S/C19H28N4O2/c1-5-20-18(22-11-9-16-8-6-7-10-21-16)23-13-19(4,24)17-12-14(2)25-15(17)3/h6-8,10,12,24H,5,9,11,13H2,1-4H3,(H2,20,22,23). The van der Waals surface area contributed by atoms with Crippen LogP contribution in [0.5, 0.6) is 0 Å².